The van der Waals surface area contributed by atoms with Gasteiger partial charge in [-0.15, -0.1) is 0 Å². The molecule has 0 spiro atoms. The van der Waals surface area contributed by atoms with Crippen molar-refractivity contribution in [3.63, 3.8) is 0 Å². The normalized spacial score (nSPS) is 11.4. The Morgan fingerprint density at radius 2 is 2.00 bits per heavy atom. The molecular formula is C10H13NO2. The molecule has 0 aliphatic heterocycles. The van der Waals surface area contributed by atoms with E-state index in [9.17, 15) is 5.21 Å². The van der Waals surface area contributed by atoms with Crippen LogP contribution in [0.15, 0.2) is 24.3 Å². The number of nitrogens with zero attached hydrogens (tertiary/aromatic N) is 1. The maximum Gasteiger partial charge on any atom is 0.181 e. The Bertz CT molecular complexity index is 286. The highest BCUT2D eigenvalue weighted by molar-refractivity contribution is 5.75. The molecule has 0 saturated carbocycles. The maximum atomic E-state index is 10.7. The summed E-state index contributed by atoms with van der Waals surface area (Å²) in [6.07, 6.45) is 1.51. The lowest BCUT2D eigenvalue weighted by Crippen LogP contribution is -1.97. The third-order valence-corrected chi connectivity index (χ3v) is 1.52. The van der Waals surface area contributed by atoms with Gasteiger partial charge in [-0.25, -0.2) is 4.74 Å². The van der Waals surface area contributed by atoms with Crippen molar-refractivity contribution in [2.45, 2.75) is 6.92 Å². The van der Waals surface area contributed by atoms with E-state index in [4.69, 9.17) is 4.74 Å². The smallest absolute Gasteiger partial charge is 0.181 e. The number of ether oxygens (including phenoxy) is 1. The lowest BCUT2D eigenvalue weighted by atomic mass is 10.2. The van der Waals surface area contributed by atoms with Gasteiger partial charge >= 0.3 is 0 Å². The second-order valence-electron chi connectivity index (χ2n) is 2.68. The summed E-state index contributed by atoms with van der Waals surface area (Å²) in [6.45, 7) is 2.59. The highest BCUT2D eigenvalue weighted by Crippen LogP contribution is 2.10. The third kappa shape index (κ3) is 3.15. The first kappa shape index (κ1) is 9.58. The van der Waals surface area contributed by atoms with Gasteiger partial charge in [-0.2, -0.15) is 0 Å². The largest absolute Gasteiger partial charge is 0.624 e. The molecule has 0 saturated heterocycles. The highest BCUT2D eigenvalue weighted by Gasteiger charge is 1.93. The van der Waals surface area contributed by atoms with Crippen molar-refractivity contribution >= 4 is 6.21 Å². The van der Waals surface area contributed by atoms with Crippen molar-refractivity contribution in [1.29, 1.82) is 0 Å². The number of hydrogen-bond donors (Lipinski definition) is 0. The van der Waals surface area contributed by atoms with E-state index < -0.39 is 0 Å². The van der Waals surface area contributed by atoms with Gasteiger partial charge in [0.2, 0.25) is 0 Å². The molecule has 3 nitrogen and oxygen atoms in total. The summed E-state index contributed by atoms with van der Waals surface area (Å²) in [4.78, 5) is 0. The molecule has 3 heteroatoms. The van der Waals surface area contributed by atoms with Crippen molar-refractivity contribution < 1.29 is 9.48 Å². The van der Waals surface area contributed by atoms with Gasteiger partial charge in [-0.1, -0.05) is 0 Å². The van der Waals surface area contributed by atoms with Crippen LogP contribution in [0.4, 0.5) is 0 Å². The molecule has 0 fully saturated rings. The topological polar surface area (TPSA) is 35.3 Å². The minimum atomic E-state index is 0.657. The number of hydrogen-bond acceptors (Lipinski definition) is 2. The molecule has 0 aliphatic rings. The Labute approximate surface area is 77.9 Å². The van der Waals surface area contributed by atoms with Crippen LogP contribution >= 0.6 is 0 Å². The predicted molar refractivity (Wildman–Crippen MR) is 52.3 cm³/mol. The Balaban J connectivity index is 2.75. The number of rotatable bonds is 3. The van der Waals surface area contributed by atoms with Gasteiger partial charge in [0.15, 0.2) is 6.21 Å². The molecule has 13 heavy (non-hydrogen) atoms. The zero-order valence-corrected chi connectivity index (χ0v) is 7.86. The quantitative estimate of drug-likeness (QED) is 0.306. The predicted octanol–water partition coefficient (Wildman–Crippen LogP) is 1.64. The van der Waals surface area contributed by atoms with E-state index in [1.807, 2.05) is 31.2 Å². The molecule has 0 unspecified atom stereocenters. The highest BCUT2D eigenvalue weighted by atomic mass is 16.5. The molecule has 0 radical (unpaired) electrons. The van der Waals surface area contributed by atoms with E-state index in [2.05, 4.69) is 0 Å². The van der Waals surface area contributed by atoms with Crippen molar-refractivity contribution in [1.82, 2.24) is 0 Å². The Kier molecular flexibility index (Phi) is 3.31. The van der Waals surface area contributed by atoms with E-state index in [0.29, 0.717) is 6.61 Å². The minimum absolute atomic E-state index is 0.657. The number of benzene rings is 1. The Morgan fingerprint density at radius 3 is 2.46 bits per heavy atom. The maximum absolute atomic E-state index is 10.7. The third-order valence-electron chi connectivity index (χ3n) is 1.52. The van der Waals surface area contributed by atoms with Gasteiger partial charge in [-0.3, -0.25) is 0 Å². The van der Waals surface area contributed by atoms with Crippen LogP contribution in [0.25, 0.3) is 0 Å². The monoisotopic (exact) mass is 179 g/mol. The van der Waals surface area contributed by atoms with Crippen LogP contribution in [0.5, 0.6) is 5.75 Å². The molecule has 0 aliphatic carbocycles. The molecule has 0 bridgehead atoms. The van der Waals surface area contributed by atoms with Crippen molar-refractivity contribution in [2.24, 2.45) is 0 Å². The number of hydroxylamine groups is 1. The molecular weight excluding hydrogens is 166 g/mol. The standard InChI is InChI=1S/C10H13NO2/c1-3-13-10-6-4-9(5-7-10)8-11(2)12/h4-8H,3H2,1-2H3. The van der Waals surface area contributed by atoms with Crippen molar-refractivity contribution in [3.8, 4) is 5.75 Å². The Morgan fingerprint density at radius 1 is 1.38 bits per heavy atom. The van der Waals surface area contributed by atoms with E-state index in [1.54, 1.807) is 0 Å². The molecule has 0 aromatic heterocycles. The first-order chi connectivity index (χ1) is 6.22. The average Bonchev–Trinajstić information content (AvgIpc) is 2.08. The van der Waals surface area contributed by atoms with Gasteiger partial charge in [0.05, 0.1) is 6.61 Å². The molecule has 70 valence electrons. The first-order valence-electron chi connectivity index (χ1n) is 4.20. The molecule has 0 heterocycles. The first-order valence-corrected chi connectivity index (χ1v) is 4.20. The van der Waals surface area contributed by atoms with Crippen LogP contribution in [-0.4, -0.2) is 24.6 Å². The van der Waals surface area contributed by atoms with Crippen LogP contribution in [0.1, 0.15) is 12.5 Å². The summed E-state index contributed by atoms with van der Waals surface area (Å²) in [7, 11) is 1.45. The zero-order valence-electron chi connectivity index (χ0n) is 7.86. The fourth-order valence-electron chi connectivity index (χ4n) is 1.03. The van der Waals surface area contributed by atoms with Crippen molar-refractivity contribution in [3.05, 3.63) is 35.0 Å². The van der Waals surface area contributed by atoms with Crippen LogP contribution in [0.2, 0.25) is 0 Å². The van der Waals surface area contributed by atoms with E-state index >= 15 is 0 Å². The zero-order chi connectivity index (χ0) is 9.68. The van der Waals surface area contributed by atoms with Gasteiger partial charge in [0.1, 0.15) is 12.8 Å². The van der Waals surface area contributed by atoms with Gasteiger partial charge < -0.3 is 9.94 Å². The molecule has 0 amide bonds. The fourth-order valence-corrected chi connectivity index (χ4v) is 1.03. The lowest BCUT2D eigenvalue weighted by Gasteiger charge is -2.01. The molecule has 0 atom stereocenters. The van der Waals surface area contributed by atoms with E-state index in [1.165, 1.54) is 13.3 Å². The molecule has 1 aromatic rings. The summed E-state index contributed by atoms with van der Waals surface area (Å²) in [6, 6.07) is 7.39. The van der Waals surface area contributed by atoms with E-state index in [-0.39, 0.29) is 0 Å². The summed E-state index contributed by atoms with van der Waals surface area (Å²) in [5.74, 6) is 0.827. The summed E-state index contributed by atoms with van der Waals surface area (Å²) >= 11 is 0. The molecule has 1 rings (SSSR count). The van der Waals surface area contributed by atoms with Crippen LogP contribution in [0.3, 0.4) is 0 Å². The molecule has 1 aromatic carbocycles. The van der Waals surface area contributed by atoms with Gasteiger partial charge in [0, 0.05) is 5.56 Å². The summed E-state index contributed by atoms with van der Waals surface area (Å²) in [5, 5.41) is 10.7. The van der Waals surface area contributed by atoms with Gasteiger partial charge in [-0.05, 0) is 31.2 Å². The lowest BCUT2D eigenvalue weighted by molar-refractivity contribution is -0.416. The van der Waals surface area contributed by atoms with Crippen LogP contribution in [0, 0.1) is 5.21 Å². The average molecular weight is 179 g/mol. The second kappa shape index (κ2) is 4.50. The van der Waals surface area contributed by atoms with Crippen LogP contribution < -0.4 is 4.74 Å². The van der Waals surface area contributed by atoms with Gasteiger partial charge in [0.25, 0.3) is 0 Å². The fraction of sp³-hybridized carbons (Fsp3) is 0.300. The Hall–Kier alpha value is -1.51. The van der Waals surface area contributed by atoms with E-state index in [0.717, 1.165) is 16.1 Å². The summed E-state index contributed by atoms with van der Waals surface area (Å²) in [5.41, 5.74) is 0.876. The van der Waals surface area contributed by atoms with Crippen LogP contribution in [-0.2, 0) is 0 Å². The molecule has 0 N–H and O–H groups in total. The SMILES string of the molecule is CCOc1ccc(C=[N+](C)[O-])cc1. The minimum Gasteiger partial charge on any atom is -0.624 e. The summed E-state index contributed by atoms with van der Waals surface area (Å²) < 4.78 is 6.03. The second-order valence-corrected chi connectivity index (χ2v) is 2.68. The van der Waals surface area contributed by atoms with Crippen molar-refractivity contribution in [2.75, 3.05) is 13.7 Å².